The first-order valence-corrected chi connectivity index (χ1v) is 11.0. The van der Waals surface area contributed by atoms with Crippen LogP contribution in [0.4, 0.5) is 25.8 Å². The van der Waals surface area contributed by atoms with E-state index in [0.29, 0.717) is 38.4 Å². The quantitative estimate of drug-likeness (QED) is 0.298. The Morgan fingerprint density at radius 2 is 1.68 bits per heavy atom. The number of carbonyl (C=O) groups excluding carboxylic acids is 1. The molecule has 0 unspecified atom stereocenters. The van der Waals surface area contributed by atoms with Crippen molar-refractivity contribution in [2.75, 3.05) is 36.4 Å². The lowest BCUT2D eigenvalue weighted by molar-refractivity contribution is -0.384. The van der Waals surface area contributed by atoms with Gasteiger partial charge < -0.3 is 15.1 Å². The van der Waals surface area contributed by atoms with Crippen LogP contribution in [-0.4, -0.2) is 41.9 Å². The minimum atomic E-state index is -1.13. The first kappa shape index (κ1) is 23.4. The van der Waals surface area contributed by atoms with E-state index in [2.05, 4.69) is 5.32 Å². The zero-order valence-electron chi connectivity index (χ0n) is 18.0. The number of nitro benzene ring substituents is 1. The molecule has 4 rings (SSSR count). The van der Waals surface area contributed by atoms with E-state index in [-0.39, 0.29) is 16.3 Å². The Kier molecular flexibility index (Phi) is 6.93. The van der Waals surface area contributed by atoms with Gasteiger partial charge in [0.1, 0.15) is 5.69 Å². The molecule has 7 nitrogen and oxygen atoms in total. The van der Waals surface area contributed by atoms with E-state index in [9.17, 15) is 23.7 Å². The summed E-state index contributed by atoms with van der Waals surface area (Å²) >= 11 is 5.95. The highest BCUT2D eigenvalue weighted by molar-refractivity contribution is 6.33. The van der Waals surface area contributed by atoms with Crippen molar-refractivity contribution < 1.29 is 18.5 Å². The lowest BCUT2D eigenvalue weighted by Gasteiger charge is -2.36. The van der Waals surface area contributed by atoms with Crippen molar-refractivity contribution in [3.63, 3.8) is 0 Å². The number of rotatable bonds is 6. The van der Waals surface area contributed by atoms with E-state index >= 15 is 0 Å². The monoisotopic (exact) mass is 486 g/mol. The third-order valence-electron chi connectivity index (χ3n) is 5.68. The molecular weight excluding hydrogens is 466 g/mol. The van der Waals surface area contributed by atoms with E-state index in [1.807, 2.05) is 35.2 Å². The summed E-state index contributed by atoms with van der Waals surface area (Å²) in [6.07, 6.45) is 0. The molecule has 10 heteroatoms. The predicted octanol–water partition coefficient (Wildman–Crippen LogP) is 5.10. The molecule has 1 aliphatic heterocycles. The predicted molar refractivity (Wildman–Crippen MR) is 126 cm³/mol. The molecule has 0 radical (unpaired) electrons. The minimum Gasteiger partial charge on any atom is -0.375 e. The Hall–Kier alpha value is -3.72. The van der Waals surface area contributed by atoms with Crippen molar-refractivity contribution >= 4 is 34.6 Å². The number of halogens is 3. The van der Waals surface area contributed by atoms with Gasteiger partial charge in [0.05, 0.1) is 15.5 Å². The number of anilines is 2. The first-order valence-electron chi connectivity index (χ1n) is 10.6. The van der Waals surface area contributed by atoms with Crippen molar-refractivity contribution in [2.45, 2.75) is 6.54 Å². The molecule has 1 aliphatic rings. The summed E-state index contributed by atoms with van der Waals surface area (Å²) in [6, 6.07) is 16.0. The molecule has 1 N–H and O–H groups in total. The molecule has 34 heavy (non-hydrogen) atoms. The minimum absolute atomic E-state index is 0.0264. The highest BCUT2D eigenvalue weighted by Gasteiger charge is 2.26. The average Bonchev–Trinajstić information content (AvgIpc) is 2.85. The van der Waals surface area contributed by atoms with E-state index in [1.165, 1.54) is 11.0 Å². The van der Waals surface area contributed by atoms with Gasteiger partial charge in [0.15, 0.2) is 11.6 Å². The van der Waals surface area contributed by atoms with Crippen LogP contribution in [0.3, 0.4) is 0 Å². The van der Waals surface area contributed by atoms with E-state index < -0.39 is 22.5 Å². The van der Waals surface area contributed by atoms with Crippen molar-refractivity contribution in [2.24, 2.45) is 0 Å². The summed E-state index contributed by atoms with van der Waals surface area (Å²) in [4.78, 5) is 27.4. The Labute approximate surface area is 199 Å². The molecule has 1 heterocycles. The van der Waals surface area contributed by atoms with Gasteiger partial charge in [0.25, 0.3) is 11.6 Å². The molecule has 1 saturated heterocycles. The van der Waals surface area contributed by atoms with Gasteiger partial charge in [0.2, 0.25) is 0 Å². The van der Waals surface area contributed by atoms with Gasteiger partial charge in [-0.1, -0.05) is 41.9 Å². The molecular formula is C24H21ClF2N4O3. The molecule has 0 bridgehead atoms. The summed E-state index contributed by atoms with van der Waals surface area (Å²) in [5, 5.41) is 14.5. The van der Waals surface area contributed by atoms with Crippen molar-refractivity contribution in [3.05, 3.63) is 98.6 Å². The molecule has 3 aromatic carbocycles. The third-order valence-corrected chi connectivity index (χ3v) is 5.99. The van der Waals surface area contributed by atoms with Crippen LogP contribution < -0.4 is 10.2 Å². The summed E-state index contributed by atoms with van der Waals surface area (Å²) in [7, 11) is 0. The van der Waals surface area contributed by atoms with Crippen LogP contribution in [0.5, 0.6) is 0 Å². The Morgan fingerprint density at radius 3 is 2.35 bits per heavy atom. The van der Waals surface area contributed by atoms with Crippen LogP contribution in [0.2, 0.25) is 5.02 Å². The topological polar surface area (TPSA) is 78.7 Å². The number of nitrogens with zero attached hydrogens (tertiary/aromatic N) is 3. The van der Waals surface area contributed by atoms with Gasteiger partial charge in [-0.2, -0.15) is 0 Å². The van der Waals surface area contributed by atoms with Crippen LogP contribution in [-0.2, 0) is 6.54 Å². The molecule has 0 atom stereocenters. The average molecular weight is 487 g/mol. The largest absolute Gasteiger partial charge is 0.375 e. The molecule has 0 aromatic heterocycles. The maximum absolute atomic E-state index is 13.6. The first-order chi connectivity index (χ1) is 16.3. The number of amides is 1. The molecule has 0 saturated carbocycles. The lowest BCUT2D eigenvalue weighted by Crippen LogP contribution is -2.48. The molecule has 1 amide bonds. The van der Waals surface area contributed by atoms with Gasteiger partial charge in [-0.25, -0.2) is 8.78 Å². The lowest BCUT2D eigenvalue weighted by atomic mass is 10.1. The summed E-state index contributed by atoms with van der Waals surface area (Å²) in [6.45, 7) is 2.02. The van der Waals surface area contributed by atoms with Gasteiger partial charge in [-0.15, -0.1) is 0 Å². The number of carbonyl (C=O) groups is 1. The molecule has 3 aromatic rings. The fourth-order valence-electron chi connectivity index (χ4n) is 3.84. The van der Waals surface area contributed by atoms with Crippen molar-refractivity contribution in [1.82, 2.24) is 4.90 Å². The smallest absolute Gasteiger partial charge is 0.292 e. The molecule has 1 fully saturated rings. The van der Waals surface area contributed by atoms with Crippen molar-refractivity contribution in [3.8, 4) is 0 Å². The second-order valence-electron chi connectivity index (χ2n) is 7.82. The SMILES string of the molecule is O=C(c1cc(F)c(F)cc1Cl)N1CCN(c2ccc([N+](=O)[O-])c(NCc3ccccc3)c2)CC1. The molecule has 0 spiro atoms. The van der Waals surface area contributed by atoms with Gasteiger partial charge in [-0.05, 0) is 29.8 Å². The Balaban J connectivity index is 1.46. The maximum atomic E-state index is 13.6. The second kappa shape index (κ2) is 10.0. The zero-order valence-corrected chi connectivity index (χ0v) is 18.8. The molecule has 176 valence electrons. The van der Waals surface area contributed by atoms with Crippen LogP contribution in [0.1, 0.15) is 15.9 Å². The van der Waals surface area contributed by atoms with E-state index in [1.54, 1.807) is 12.1 Å². The Bertz CT molecular complexity index is 1220. The number of nitrogens with one attached hydrogen (secondary N) is 1. The van der Waals surface area contributed by atoms with Gasteiger partial charge >= 0.3 is 0 Å². The van der Waals surface area contributed by atoms with Crippen LogP contribution >= 0.6 is 11.6 Å². The standard InChI is InChI=1S/C24H21ClF2N4O3/c25-19-14-21(27)20(26)13-18(19)24(32)30-10-8-29(9-11-30)17-6-7-23(31(33)34)22(12-17)28-15-16-4-2-1-3-5-16/h1-7,12-14,28H,8-11,15H2. The fourth-order valence-corrected chi connectivity index (χ4v) is 4.07. The van der Waals surface area contributed by atoms with Gasteiger partial charge in [0, 0.05) is 44.5 Å². The van der Waals surface area contributed by atoms with Crippen molar-refractivity contribution in [1.29, 1.82) is 0 Å². The zero-order chi connectivity index (χ0) is 24.2. The number of hydrogen-bond donors (Lipinski definition) is 1. The number of benzene rings is 3. The van der Waals surface area contributed by atoms with Crippen LogP contribution in [0, 0.1) is 21.7 Å². The highest BCUT2D eigenvalue weighted by Crippen LogP contribution is 2.31. The molecule has 0 aliphatic carbocycles. The fraction of sp³-hybridized carbons (Fsp3) is 0.208. The normalized spacial score (nSPS) is 13.6. The van der Waals surface area contributed by atoms with E-state index in [0.717, 1.165) is 23.4 Å². The number of piperazine rings is 1. The van der Waals surface area contributed by atoms with Crippen LogP contribution in [0.25, 0.3) is 0 Å². The highest BCUT2D eigenvalue weighted by atomic mass is 35.5. The summed E-state index contributed by atoms with van der Waals surface area (Å²) in [5.41, 5.74) is 2.06. The third kappa shape index (κ3) is 5.09. The number of nitro groups is 1. The van der Waals surface area contributed by atoms with Crippen LogP contribution in [0.15, 0.2) is 60.7 Å². The summed E-state index contributed by atoms with van der Waals surface area (Å²) in [5.74, 6) is -2.72. The van der Waals surface area contributed by atoms with Gasteiger partial charge in [-0.3, -0.25) is 14.9 Å². The maximum Gasteiger partial charge on any atom is 0.292 e. The summed E-state index contributed by atoms with van der Waals surface area (Å²) < 4.78 is 26.9. The number of hydrogen-bond acceptors (Lipinski definition) is 5. The van der Waals surface area contributed by atoms with E-state index in [4.69, 9.17) is 11.6 Å². The Morgan fingerprint density at radius 1 is 1.00 bits per heavy atom. The second-order valence-corrected chi connectivity index (χ2v) is 8.23.